The Kier molecular flexibility index (Phi) is 63.6. The summed E-state index contributed by atoms with van der Waals surface area (Å²) in [5.41, 5.74) is 17.0. The standard InChI is InChI=1S/C18H29BrO.C18H28O2.C18H32O.C18H30O.CH4S/c2*1-15(2)8-5-9-16(3)10-6-11-17(4)12-7-13-18(20)14-19;2*1-15(2)9-6-10-16(3)11-7-12-17(4)13-8-14-18(5)19;1-2/h8,10,12H,5-7,9,11,13-14H2,1-4H3;8,10,12,14H,5-7,9,11,13H2,1-4H3;9,11,13,18-19H,6-8,10,12,14H2,1-5H3;9,11,13H,6-8,10,12,14H2,1-5H3;2H,1H3/b2*16-10+,17-12+;2*16-11+,17-13+;/i;;19T;;. The molecule has 1 atom stereocenters. The number of hydrogen-bond acceptors (Lipinski definition) is 6. The van der Waals surface area contributed by atoms with E-state index >= 15 is 0 Å². The lowest BCUT2D eigenvalue weighted by Crippen LogP contribution is -1.97. The number of aliphatic hydroxyl groups is 1. The number of allylic oxidation sites excluding steroid dienone is 24. The van der Waals surface area contributed by atoms with Crippen molar-refractivity contribution in [2.24, 2.45) is 0 Å². The monoisotopic (exact) mass is 1190 g/mol. The SMILES string of the molecule is CC(=O)CC/C=C(\C)CC/C=C(\C)CCC=C(C)C.CC(C)=CCC/C(C)=C/CC/C(C)=C/CCC(=O)C=O.CC(C)=CCC/C(C)=C/CC/C(C)=C/CCC(=O)CBr.CS.[3H]OC(C)CC/C=C(\C)CC/C=C(\C)CCC=C(C)C. The average Bonchev–Trinajstić information content (AvgIpc) is 3.39. The Labute approximate surface area is 511 Å². The molecule has 0 rings (SSSR count). The molecular weight excluding hydrogens is 1070 g/mol. The molecule has 0 aliphatic heterocycles. The summed E-state index contributed by atoms with van der Waals surface area (Å²) in [7, 11) is 0. The second-order valence-corrected chi connectivity index (χ2v) is 23.4. The van der Waals surface area contributed by atoms with E-state index in [0.717, 1.165) is 122 Å². The largest absolute Gasteiger partial charge is 0.393 e. The summed E-state index contributed by atoms with van der Waals surface area (Å²) in [6.45, 7) is 38.2. The summed E-state index contributed by atoms with van der Waals surface area (Å²) in [6, 6.07) is 0. The number of carbonyl (C=O) groups excluding carboxylic acids is 4. The minimum atomic E-state index is -0.316. The van der Waals surface area contributed by atoms with Gasteiger partial charge in [0.2, 0.25) is 1.43 Å². The van der Waals surface area contributed by atoms with Crippen molar-refractivity contribution in [1.82, 2.24) is 0 Å². The van der Waals surface area contributed by atoms with Gasteiger partial charge in [-0.05, 0) is 266 Å². The van der Waals surface area contributed by atoms with Crippen LogP contribution in [0.15, 0.2) is 140 Å². The molecule has 1 unspecified atom stereocenters. The number of rotatable bonds is 39. The summed E-state index contributed by atoms with van der Waals surface area (Å²) < 4.78 is 6.80. The second kappa shape index (κ2) is 61.4. The van der Waals surface area contributed by atoms with Gasteiger partial charge in [0, 0.05) is 19.3 Å². The van der Waals surface area contributed by atoms with Crippen LogP contribution in [0.2, 0.25) is 0 Å². The number of ketones is 3. The van der Waals surface area contributed by atoms with Crippen molar-refractivity contribution in [1.29, 1.82) is 1.43 Å². The Bertz CT molecular complexity index is 2050. The maximum Gasteiger partial charge on any atom is 0.210 e. The van der Waals surface area contributed by atoms with E-state index in [1.807, 2.05) is 6.92 Å². The summed E-state index contributed by atoms with van der Waals surface area (Å²) >= 11 is 6.72. The van der Waals surface area contributed by atoms with E-state index in [0.29, 0.717) is 37.3 Å². The first-order chi connectivity index (χ1) is 38.3. The van der Waals surface area contributed by atoms with Gasteiger partial charge in [0.05, 0.1) is 11.4 Å². The van der Waals surface area contributed by atoms with Gasteiger partial charge < -0.3 is 9.90 Å². The molecule has 0 aromatic rings. The topological polar surface area (TPSA) is 88.5 Å². The van der Waals surface area contributed by atoms with Gasteiger partial charge in [-0.1, -0.05) is 156 Å². The summed E-state index contributed by atoms with van der Waals surface area (Å²) in [6.07, 6.45) is 53.4. The van der Waals surface area contributed by atoms with E-state index in [2.05, 4.69) is 217 Å². The Hall–Kier alpha value is -3.65. The first-order valence-electron chi connectivity index (χ1n) is 30.6. The maximum atomic E-state index is 11.2. The van der Waals surface area contributed by atoms with Crippen LogP contribution in [0.4, 0.5) is 0 Å². The second-order valence-electron chi connectivity index (χ2n) is 22.8. The lowest BCUT2D eigenvalue weighted by molar-refractivity contribution is -0.129. The zero-order chi connectivity index (χ0) is 62.8. The van der Waals surface area contributed by atoms with Crippen LogP contribution in [-0.4, -0.2) is 47.9 Å². The van der Waals surface area contributed by atoms with E-state index < -0.39 is 0 Å². The smallest absolute Gasteiger partial charge is 0.210 e. The normalized spacial score (nSPS) is 12.8. The maximum absolute atomic E-state index is 11.2. The minimum Gasteiger partial charge on any atom is -0.393 e. The third-order valence-corrected chi connectivity index (χ3v) is 13.3. The Morgan fingerprint density at radius 1 is 0.375 bits per heavy atom. The zero-order valence-electron chi connectivity index (χ0n) is 56.1. The van der Waals surface area contributed by atoms with E-state index in [-0.39, 0.29) is 23.5 Å². The van der Waals surface area contributed by atoms with Crippen LogP contribution in [0.5, 0.6) is 0 Å². The van der Waals surface area contributed by atoms with Gasteiger partial charge in [0.25, 0.3) is 0 Å². The molecule has 0 aromatic heterocycles. The molecule has 0 aromatic carbocycles. The van der Waals surface area contributed by atoms with Crippen LogP contribution in [0.3, 0.4) is 0 Å². The van der Waals surface area contributed by atoms with Crippen LogP contribution in [0.25, 0.3) is 0 Å². The van der Waals surface area contributed by atoms with Gasteiger partial charge in [0.1, 0.15) is 11.6 Å². The minimum absolute atomic E-state index is 0.0382. The van der Waals surface area contributed by atoms with Gasteiger partial charge in [0.15, 0.2) is 12.1 Å². The molecule has 0 saturated heterocycles. The third kappa shape index (κ3) is 76.4. The number of Topliss-reactive ketones (excluding diaryl/α,β-unsaturated/α-hetero) is 3. The quantitative estimate of drug-likeness (QED) is 0.0210. The van der Waals surface area contributed by atoms with Crippen LogP contribution in [0, 0.1) is 0 Å². The summed E-state index contributed by atoms with van der Waals surface area (Å²) in [5.74, 6) is 0.243. The number of alkyl halides is 1. The first-order valence-corrected chi connectivity index (χ1v) is 32.2. The van der Waals surface area contributed by atoms with Crippen LogP contribution in [0.1, 0.15) is 279 Å². The summed E-state index contributed by atoms with van der Waals surface area (Å²) in [4.78, 5) is 43.0. The van der Waals surface area contributed by atoms with Crippen LogP contribution < -0.4 is 0 Å². The molecule has 1 N–H and O–H groups in total. The van der Waals surface area contributed by atoms with Crippen molar-refractivity contribution in [3.63, 3.8) is 0 Å². The highest BCUT2D eigenvalue weighted by Gasteiger charge is 2.00. The molecule has 0 amide bonds. The highest BCUT2D eigenvalue weighted by Crippen LogP contribution is 2.16. The van der Waals surface area contributed by atoms with E-state index in [1.54, 1.807) is 13.2 Å². The van der Waals surface area contributed by atoms with Gasteiger partial charge in [-0.2, -0.15) is 12.6 Å². The van der Waals surface area contributed by atoms with E-state index in [9.17, 15) is 19.2 Å². The van der Waals surface area contributed by atoms with Crippen molar-refractivity contribution in [2.45, 2.75) is 285 Å². The van der Waals surface area contributed by atoms with Crippen molar-refractivity contribution in [3.8, 4) is 0 Å². The first kappa shape index (κ1) is 82.8. The number of aliphatic hydroxyl groups excluding tert-OH is 1. The van der Waals surface area contributed by atoms with Crippen LogP contribution >= 0.6 is 28.6 Å². The lowest BCUT2D eigenvalue weighted by Gasteiger charge is -2.03. The fourth-order valence-corrected chi connectivity index (χ4v) is 7.79. The van der Waals surface area contributed by atoms with Gasteiger partial charge in [-0.15, -0.1) is 0 Å². The highest BCUT2D eigenvalue weighted by atomic mass is 79.9. The van der Waals surface area contributed by atoms with Gasteiger partial charge in [-0.25, -0.2) is 0 Å². The lowest BCUT2D eigenvalue weighted by atomic mass is 10.1. The van der Waals surface area contributed by atoms with Crippen molar-refractivity contribution in [2.75, 3.05) is 11.6 Å². The number of thiol groups is 1. The molecule has 0 saturated carbocycles. The Morgan fingerprint density at radius 3 is 0.825 bits per heavy atom. The number of hydrogen-bond donors (Lipinski definition) is 2. The van der Waals surface area contributed by atoms with Crippen molar-refractivity contribution >= 4 is 52.2 Å². The fraction of sp³-hybridized carbons (Fsp3) is 0.616. The molecule has 7 heteroatoms. The van der Waals surface area contributed by atoms with Crippen LogP contribution in [-0.2, 0) is 19.2 Å². The average molecular weight is 1190 g/mol. The number of aldehydes is 1. The molecule has 0 aliphatic rings. The predicted molar refractivity (Wildman–Crippen MR) is 366 cm³/mol. The Balaban J connectivity index is -0.000000313. The highest BCUT2D eigenvalue weighted by molar-refractivity contribution is 9.09. The van der Waals surface area contributed by atoms with Gasteiger partial charge in [-0.3, -0.25) is 14.4 Å². The zero-order valence-corrected chi connectivity index (χ0v) is 57.6. The molecule has 80 heavy (non-hydrogen) atoms. The molecular formula is C73H123BrO5S. The third-order valence-electron chi connectivity index (χ3n) is 12.6. The summed E-state index contributed by atoms with van der Waals surface area (Å²) in [5, 5.41) is 4.99. The van der Waals surface area contributed by atoms with E-state index in [4.69, 9.17) is 1.43 Å². The molecule has 458 valence electrons. The van der Waals surface area contributed by atoms with Crippen molar-refractivity contribution in [3.05, 3.63) is 140 Å². The molecule has 0 bridgehead atoms. The molecule has 0 spiro atoms. The predicted octanol–water partition coefficient (Wildman–Crippen LogP) is 23.0. The molecule has 0 heterocycles. The molecule has 5 nitrogen and oxygen atoms in total. The van der Waals surface area contributed by atoms with Gasteiger partial charge >= 0.3 is 0 Å². The van der Waals surface area contributed by atoms with Crippen molar-refractivity contribution < 1.29 is 24.3 Å². The number of carbonyl (C=O) groups is 4. The molecule has 0 aliphatic carbocycles. The molecule has 0 radical (unpaired) electrons. The molecule has 0 fully saturated rings. The fourth-order valence-electron chi connectivity index (χ4n) is 7.51. The number of halogens is 1. The Morgan fingerprint density at radius 2 is 0.600 bits per heavy atom. The van der Waals surface area contributed by atoms with E-state index in [1.165, 1.54) is 73.3 Å².